The first-order chi connectivity index (χ1) is 9.26. The number of methoxy groups -OCH3 is 1. The standard InChI is InChI=1S/C13H14N4O2/c1-18-9-2-3-11-12(5-9)19-13(17-11)10(14)4-8-6-15-7-16-8/h2-3,5-7,10H,4,14H2,1H3,(H,15,16). The van der Waals surface area contributed by atoms with E-state index in [1.165, 1.54) is 0 Å². The molecule has 3 N–H and O–H groups in total. The number of nitrogens with zero attached hydrogens (tertiary/aromatic N) is 2. The molecule has 0 spiro atoms. The lowest BCUT2D eigenvalue weighted by molar-refractivity contribution is 0.413. The Balaban J connectivity index is 1.88. The first-order valence-corrected chi connectivity index (χ1v) is 5.93. The van der Waals surface area contributed by atoms with Gasteiger partial charge in [-0.25, -0.2) is 9.97 Å². The summed E-state index contributed by atoms with van der Waals surface area (Å²) in [4.78, 5) is 11.4. The molecule has 1 aromatic carbocycles. The van der Waals surface area contributed by atoms with Crippen LogP contribution in [-0.2, 0) is 6.42 Å². The number of hydrogen-bond acceptors (Lipinski definition) is 5. The number of oxazole rings is 1. The fourth-order valence-corrected chi connectivity index (χ4v) is 1.93. The van der Waals surface area contributed by atoms with E-state index in [1.54, 1.807) is 25.7 Å². The predicted octanol–water partition coefficient (Wildman–Crippen LogP) is 1.80. The number of ether oxygens (including phenoxy) is 1. The highest BCUT2D eigenvalue weighted by molar-refractivity contribution is 5.74. The van der Waals surface area contributed by atoms with E-state index in [2.05, 4.69) is 15.0 Å². The van der Waals surface area contributed by atoms with E-state index < -0.39 is 0 Å². The molecule has 0 aliphatic heterocycles. The maximum atomic E-state index is 6.09. The van der Waals surface area contributed by atoms with Crippen LogP contribution in [0.5, 0.6) is 5.75 Å². The zero-order chi connectivity index (χ0) is 13.2. The SMILES string of the molecule is COc1ccc2nc(C(N)Cc3cnc[nH]3)oc2c1. The van der Waals surface area contributed by atoms with E-state index >= 15 is 0 Å². The zero-order valence-electron chi connectivity index (χ0n) is 10.5. The van der Waals surface area contributed by atoms with Crippen LogP contribution in [0, 0.1) is 0 Å². The van der Waals surface area contributed by atoms with Crippen LogP contribution in [0.25, 0.3) is 11.1 Å². The van der Waals surface area contributed by atoms with Crippen molar-refractivity contribution in [2.45, 2.75) is 12.5 Å². The average molecular weight is 258 g/mol. The number of hydrogen-bond donors (Lipinski definition) is 2. The highest BCUT2D eigenvalue weighted by Crippen LogP contribution is 2.24. The fraction of sp³-hybridized carbons (Fsp3) is 0.231. The summed E-state index contributed by atoms with van der Waals surface area (Å²) in [5.41, 5.74) is 8.49. The van der Waals surface area contributed by atoms with Crippen molar-refractivity contribution in [2.24, 2.45) is 5.73 Å². The number of rotatable bonds is 4. The molecule has 6 nitrogen and oxygen atoms in total. The zero-order valence-corrected chi connectivity index (χ0v) is 10.5. The van der Waals surface area contributed by atoms with Crippen LogP contribution in [0.3, 0.4) is 0 Å². The van der Waals surface area contributed by atoms with Gasteiger partial charge in [0.05, 0.1) is 19.5 Å². The van der Waals surface area contributed by atoms with Gasteiger partial charge in [-0.1, -0.05) is 0 Å². The second kappa shape index (κ2) is 4.74. The van der Waals surface area contributed by atoms with E-state index in [0.717, 1.165) is 17.0 Å². The van der Waals surface area contributed by atoms with Gasteiger partial charge in [0.15, 0.2) is 5.58 Å². The van der Waals surface area contributed by atoms with Crippen molar-refractivity contribution in [3.63, 3.8) is 0 Å². The average Bonchev–Trinajstić information content (AvgIpc) is 3.05. The van der Waals surface area contributed by atoms with Crippen molar-refractivity contribution in [1.29, 1.82) is 0 Å². The molecule has 0 bridgehead atoms. The summed E-state index contributed by atoms with van der Waals surface area (Å²) in [6, 6.07) is 5.19. The van der Waals surface area contributed by atoms with Gasteiger partial charge in [0, 0.05) is 24.4 Å². The van der Waals surface area contributed by atoms with E-state index in [-0.39, 0.29) is 6.04 Å². The summed E-state index contributed by atoms with van der Waals surface area (Å²) < 4.78 is 10.8. The van der Waals surface area contributed by atoms with Gasteiger partial charge in [-0.2, -0.15) is 0 Å². The molecular formula is C13H14N4O2. The summed E-state index contributed by atoms with van der Waals surface area (Å²) in [6.45, 7) is 0. The minimum absolute atomic E-state index is 0.307. The van der Waals surface area contributed by atoms with Gasteiger partial charge in [0.25, 0.3) is 0 Å². The molecule has 0 saturated heterocycles. The Hall–Kier alpha value is -2.34. The Labute approximate surface area is 109 Å². The topological polar surface area (TPSA) is 90.0 Å². The molecule has 0 aliphatic rings. The molecule has 0 radical (unpaired) electrons. The highest BCUT2D eigenvalue weighted by atomic mass is 16.5. The fourth-order valence-electron chi connectivity index (χ4n) is 1.93. The summed E-state index contributed by atoms with van der Waals surface area (Å²) in [7, 11) is 1.61. The highest BCUT2D eigenvalue weighted by Gasteiger charge is 2.15. The molecule has 98 valence electrons. The number of imidazole rings is 1. The predicted molar refractivity (Wildman–Crippen MR) is 69.8 cm³/mol. The van der Waals surface area contributed by atoms with E-state index in [9.17, 15) is 0 Å². The molecule has 0 saturated carbocycles. The van der Waals surface area contributed by atoms with Gasteiger partial charge in [-0.05, 0) is 12.1 Å². The minimum atomic E-state index is -0.307. The normalized spacial score (nSPS) is 12.7. The Bertz CT molecular complexity index is 675. The van der Waals surface area contributed by atoms with Crippen molar-refractivity contribution in [3.05, 3.63) is 42.3 Å². The van der Waals surface area contributed by atoms with Gasteiger partial charge in [-0.15, -0.1) is 0 Å². The number of benzene rings is 1. The lowest BCUT2D eigenvalue weighted by Crippen LogP contribution is -2.13. The van der Waals surface area contributed by atoms with E-state index in [0.29, 0.717) is 17.9 Å². The molecule has 3 rings (SSSR count). The van der Waals surface area contributed by atoms with Gasteiger partial charge in [0.1, 0.15) is 11.3 Å². The molecule has 2 aromatic heterocycles. The molecule has 19 heavy (non-hydrogen) atoms. The van der Waals surface area contributed by atoms with Crippen molar-refractivity contribution in [2.75, 3.05) is 7.11 Å². The van der Waals surface area contributed by atoms with Gasteiger partial charge in [0.2, 0.25) is 5.89 Å². The van der Waals surface area contributed by atoms with Gasteiger partial charge < -0.3 is 19.9 Å². The maximum Gasteiger partial charge on any atom is 0.212 e. The molecule has 0 amide bonds. The van der Waals surface area contributed by atoms with Crippen molar-refractivity contribution in [1.82, 2.24) is 15.0 Å². The van der Waals surface area contributed by atoms with Crippen molar-refractivity contribution in [3.8, 4) is 5.75 Å². The molecule has 0 aliphatic carbocycles. The minimum Gasteiger partial charge on any atom is -0.497 e. The van der Waals surface area contributed by atoms with Crippen LogP contribution in [0.15, 0.2) is 35.1 Å². The van der Waals surface area contributed by atoms with Crippen LogP contribution in [-0.4, -0.2) is 22.1 Å². The number of H-pyrrole nitrogens is 1. The summed E-state index contributed by atoms with van der Waals surface area (Å²) in [5, 5.41) is 0. The van der Waals surface area contributed by atoms with Crippen LogP contribution >= 0.6 is 0 Å². The first kappa shape index (κ1) is 11.7. The van der Waals surface area contributed by atoms with Crippen molar-refractivity contribution >= 4 is 11.1 Å². The quantitative estimate of drug-likeness (QED) is 0.744. The Morgan fingerprint density at radius 2 is 2.37 bits per heavy atom. The van der Waals surface area contributed by atoms with Crippen LogP contribution < -0.4 is 10.5 Å². The summed E-state index contributed by atoms with van der Waals surface area (Å²) in [5.74, 6) is 1.25. The van der Waals surface area contributed by atoms with Gasteiger partial charge >= 0.3 is 0 Å². The number of aromatic amines is 1. The monoisotopic (exact) mass is 258 g/mol. The smallest absolute Gasteiger partial charge is 0.212 e. The number of aromatic nitrogens is 3. The summed E-state index contributed by atoms with van der Waals surface area (Å²) >= 11 is 0. The lowest BCUT2D eigenvalue weighted by atomic mass is 10.2. The Morgan fingerprint density at radius 1 is 1.47 bits per heavy atom. The van der Waals surface area contributed by atoms with E-state index in [1.807, 2.05) is 12.1 Å². The third kappa shape index (κ3) is 2.30. The molecule has 2 heterocycles. The molecular weight excluding hydrogens is 244 g/mol. The van der Waals surface area contributed by atoms with E-state index in [4.69, 9.17) is 14.9 Å². The third-order valence-electron chi connectivity index (χ3n) is 2.92. The lowest BCUT2D eigenvalue weighted by Gasteiger charge is -2.04. The first-order valence-electron chi connectivity index (χ1n) is 5.93. The maximum absolute atomic E-state index is 6.09. The Kier molecular flexibility index (Phi) is 2.92. The number of fused-ring (bicyclic) bond motifs is 1. The summed E-state index contributed by atoms with van der Waals surface area (Å²) in [6.07, 6.45) is 3.97. The second-order valence-corrected chi connectivity index (χ2v) is 4.27. The van der Waals surface area contributed by atoms with Crippen LogP contribution in [0.2, 0.25) is 0 Å². The third-order valence-corrected chi connectivity index (χ3v) is 2.92. The molecule has 1 atom stereocenters. The van der Waals surface area contributed by atoms with Gasteiger partial charge in [-0.3, -0.25) is 0 Å². The second-order valence-electron chi connectivity index (χ2n) is 4.27. The van der Waals surface area contributed by atoms with Crippen molar-refractivity contribution < 1.29 is 9.15 Å². The number of nitrogens with one attached hydrogen (secondary N) is 1. The largest absolute Gasteiger partial charge is 0.497 e. The van der Waals surface area contributed by atoms with Crippen LogP contribution in [0.1, 0.15) is 17.6 Å². The molecule has 1 unspecified atom stereocenters. The number of nitrogens with two attached hydrogens (primary N) is 1. The molecule has 3 aromatic rings. The van der Waals surface area contributed by atoms with Crippen LogP contribution in [0.4, 0.5) is 0 Å². The molecule has 6 heteroatoms. The molecule has 0 fully saturated rings. The Morgan fingerprint density at radius 3 is 3.11 bits per heavy atom.